The first-order chi connectivity index (χ1) is 6.77. The van der Waals surface area contributed by atoms with Gasteiger partial charge in [-0.05, 0) is 32.0 Å². The SMILES string of the molecule is Nc1cc(C2CCNCC2)nnc1N. The maximum atomic E-state index is 5.68. The summed E-state index contributed by atoms with van der Waals surface area (Å²) in [7, 11) is 0. The first-order valence-corrected chi connectivity index (χ1v) is 4.86. The van der Waals surface area contributed by atoms with Crippen molar-refractivity contribution in [3.05, 3.63) is 11.8 Å². The van der Waals surface area contributed by atoms with Gasteiger partial charge in [0, 0.05) is 5.92 Å². The van der Waals surface area contributed by atoms with Crippen molar-refractivity contribution >= 4 is 11.5 Å². The van der Waals surface area contributed by atoms with E-state index in [1.54, 1.807) is 0 Å². The average molecular weight is 193 g/mol. The zero-order valence-corrected chi connectivity index (χ0v) is 8.03. The monoisotopic (exact) mass is 193 g/mol. The number of nitrogens with two attached hydrogens (primary N) is 2. The van der Waals surface area contributed by atoms with Crippen LogP contribution in [0.25, 0.3) is 0 Å². The van der Waals surface area contributed by atoms with E-state index in [1.807, 2.05) is 6.07 Å². The Morgan fingerprint density at radius 2 is 1.93 bits per heavy atom. The van der Waals surface area contributed by atoms with E-state index in [0.717, 1.165) is 31.6 Å². The minimum atomic E-state index is 0.322. The van der Waals surface area contributed by atoms with Gasteiger partial charge in [-0.3, -0.25) is 0 Å². The van der Waals surface area contributed by atoms with Gasteiger partial charge in [-0.1, -0.05) is 0 Å². The van der Waals surface area contributed by atoms with Gasteiger partial charge in [0.2, 0.25) is 0 Å². The Kier molecular flexibility index (Phi) is 2.49. The maximum absolute atomic E-state index is 5.68. The Morgan fingerprint density at radius 3 is 2.57 bits per heavy atom. The van der Waals surface area contributed by atoms with Crippen LogP contribution >= 0.6 is 0 Å². The summed E-state index contributed by atoms with van der Waals surface area (Å²) in [4.78, 5) is 0. The third-order valence-electron chi connectivity index (χ3n) is 2.63. The molecule has 76 valence electrons. The lowest BCUT2D eigenvalue weighted by Crippen LogP contribution is -2.27. The van der Waals surface area contributed by atoms with Gasteiger partial charge >= 0.3 is 0 Å². The molecule has 1 saturated heterocycles. The van der Waals surface area contributed by atoms with Gasteiger partial charge in [0.25, 0.3) is 0 Å². The number of rotatable bonds is 1. The van der Waals surface area contributed by atoms with Crippen LogP contribution in [0.3, 0.4) is 0 Å². The molecule has 0 bridgehead atoms. The van der Waals surface area contributed by atoms with Crippen LogP contribution in [-0.4, -0.2) is 23.3 Å². The van der Waals surface area contributed by atoms with Crippen LogP contribution in [0.15, 0.2) is 6.07 Å². The zero-order valence-electron chi connectivity index (χ0n) is 8.03. The van der Waals surface area contributed by atoms with Crippen molar-refractivity contribution in [2.45, 2.75) is 18.8 Å². The topological polar surface area (TPSA) is 89.8 Å². The number of hydrogen-bond acceptors (Lipinski definition) is 5. The molecule has 0 amide bonds. The van der Waals surface area contributed by atoms with E-state index < -0.39 is 0 Å². The second-order valence-electron chi connectivity index (χ2n) is 3.63. The molecule has 0 aromatic carbocycles. The minimum Gasteiger partial charge on any atom is -0.396 e. The normalized spacial score (nSPS) is 18.3. The number of nitrogens with one attached hydrogen (secondary N) is 1. The van der Waals surface area contributed by atoms with Crippen molar-refractivity contribution in [3.8, 4) is 0 Å². The number of hydrogen-bond donors (Lipinski definition) is 3. The summed E-state index contributed by atoms with van der Waals surface area (Å²) in [5.41, 5.74) is 12.7. The maximum Gasteiger partial charge on any atom is 0.169 e. The highest BCUT2D eigenvalue weighted by Gasteiger charge is 2.17. The van der Waals surface area contributed by atoms with Gasteiger partial charge in [-0.15, -0.1) is 5.10 Å². The lowest BCUT2D eigenvalue weighted by molar-refractivity contribution is 0.451. The van der Waals surface area contributed by atoms with Crippen LogP contribution < -0.4 is 16.8 Å². The summed E-state index contributed by atoms with van der Waals surface area (Å²) < 4.78 is 0. The molecule has 5 nitrogen and oxygen atoms in total. The Morgan fingerprint density at radius 1 is 1.21 bits per heavy atom. The molecule has 0 unspecified atom stereocenters. The smallest absolute Gasteiger partial charge is 0.169 e. The molecule has 0 saturated carbocycles. The summed E-state index contributed by atoms with van der Waals surface area (Å²) in [5.74, 6) is 0.800. The number of nitrogens with zero attached hydrogens (tertiary/aromatic N) is 2. The molecule has 0 aliphatic carbocycles. The van der Waals surface area contributed by atoms with Crippen molar-refractivity contribution in [2.75, 3.05) is 24.6 Å². The average Bonchev–Trinajstić information content (AvgIpc) is 2.23. The zero-order chi connectivity index (χ0) is 9.97. The van der Waals surface area contributed by atoms with E-state index in [-0.39, 0.29) is 0 Å². The molecule has 5 N–H and O–H groups in total. The Hall–Kier alpha value is -1.36. The quantitative estimate of drug-likeness (QED) is 0.589. The second-order valence-corrected chi connectivity index (χ2v) is 3.63. The van der Waals surface area contributed by atoms with Crippen LogP contribution in [0.2, 0.25) is 0 Å². The van der Waals surface area contributed by atoms with Crippen molar-refractivity contribution < 1.29 is 0 Å². The van der Waals surface area contributed by atoms with Gasteiger partial charge in [-0.2, -0.15) is 5.10 Å². The van der Waals surface area contributed by atoms with Crippen molar-refractivity contribution in [3.63, 3.8) is 0 Å². The van der Waals surface area contributed by atoms with Crippen LogP contribution in [0.1, 0.15) is 24.5 Å². The van der Waals surface area contributed by atoms with Crippen molar-refractivity contribution in [2.24, 2.45) is 0 Å². The number of aromatic nitrogens is 2. The molecule has 2 rings (SSSR count). The van der Waals surface area contributed by atoms with Crippen molar-refractivity contribution in [1.29, 1.82) is 0 Å². The summed E-state index contributed by atoms with van der Waals surface area (Å²) in [6.07, 6.45) is 2.19. The minimum absolute atomic E-state index is 0.322. The van der Waals surface area contributed by atoms with Gasteiger partial charge in [-0.25, -0.2) is 0 Å². The first kappa shape index (κ1) is 9.21. The van der Waals surface area contributed by atoms with Gasteiger partial charge in [0.1, 0.15) is 0 Å². The first-order valence-electron chi connectivity index (χ1n) is 4.86. The molecule has 1 aliphatic rings. The lowest BCUT2D eigenvalue weighted by atomic mass is 9.94. The number of anilines is 2. The highest BCUT2D eigenvalue weighted by atomic mass is 15.1. The molecule has 1 aliphatic heterocycles. The Labute approximate surface area is 82.9 Å². The molecule has 2 heterocycles. The third-order valence-corrected chi connectivity index (χ3v) is 2.63. The summed E-state index contributed by atoms with van der Waals surface area (Å²) in [6.45, 7) is 2.08. The lowest BCUT2D eigenvalue weighted by Gasteiger charge is -2.21. The fraction of sp³-hybridized carbons (Fsp3) is 0.556. The van der Waals surface area contributed by atoms with E-state index in [9.17, 15) is 0 Å². The Bertz CT molecular complexity index is 319. The predicted octanol–water partition coefficient (Wildman–Crippen LogP) is 0.108. The molecule has 1 fully saturated rings. The van der Waals surface area contributed by atoms with Gasteiger partial charge in [0.15, 0.2) is 5.82 Å². The van der Waals surface area contributed by atoms with Crippen molar-refractivity contribution in [1.82, 2.24) is 15.5 Å². The Balaban J connectivity index is 2.18. The number of piperidine rings is 1. The molecule has 1 aromatic heterocycles. The standard InChI is InChI=1S/C9H15N5/c10-7-5-8(13-14-9(7)11)6-1-3-12-4-2-6/h5-6,12H,1-4H2,(H2,10,13)(H2,11,14). The van der Waals surface area contributed by atoms with Gasteiger partial charge in [0.05, 0.1) is 11.4 Å². The summed E-state index contributed by atoms with van der Waals surface area (Å²) >= 11 is 0. The molecular weight excluding hydrogens is 178 g/mol. The van der Waals surface area contributed by atoms with E-state index in [4.69, 9.17) is 11.5 Å². The fourth-order valence-electron chi connectivity index (χ4n) is 1.75. The molecule has 14 heavy (non-hydrogen) atoms. The van der Waals surface area contributed by atoms with Crippen LogP contribution in [0.5, 0.6) is 0 Å². The van der Waals surface area contributed by atoms with Crippen LogP contribution in [-0.2, 0) is 0 Å². The van der Waals surface area contributed by atoms with Crippen LogP contribution in [0, 0.1) is 0 Å². The molecule has 0 atom stereocenters. The highest BCUT2D eigenvalue weighted by molar-refractivity contribution is 5.57. The third kappa shape index (κ3) is 1.77. The van der Waals surface area contributed by atoms with E-state index in [2.05, 4.69) is 15.5 Å². The summed E-state index contributed by atoms with van der Waals surface area (Å²) in [6, 6.07) is 1.85. The molecule has 5 heteroatoms. The predicted molar refractivity (Wildman–Crippen MR) is 55.7 cm³/mol. The van der Waals surface area contributed by atoms with E-state index >= 15 is 0 Å². The van der Waals surface area contributed by atoms with Gasteiger partial charge < -0.3 is 16.8 Å². The second kappa shape index (κ2) is 3.79. The molecule has 0 spiro atoms. The fourth-order valence-corrected chi connectivity index (χ4v) is 1.75. The summed E-state index contributed by atoms with van der Waals surface area (Å²) in [5, 5.41) is 11.2. The number of nitrogen functional groups attached to an aromatic ring is 2. The molecular formula is C9H15N5. The molecule has 0 radical (unpaired) electrons. The van der Waals surface area contributed by atoms with E-state index in [0.29, 0.717) is 17.4 Å². The molecule has 1 aromatic rings. The van der Waals surface area contributed by atoms with E-state index in [1.165, 1.54) is 0 Å². The van der Waals surface area contributed by atoms with Crippen LogP contribution in [0.4, 0.5) is 11.5 Å². The highest BCUT2D eigenvalue weighted by Crippen LogP contribution is 2.25. The largest absolute Gasteiger partial charge is 0.396 e.